The second-order valence-electron chi connectivity index (χ2n) is 4.43. The summed E-state index contributed by atoms with van der Waals surface area (Å²) in [6.07, 6.45) is 1.07. The summed E-state index contributed by atoms with van der Waals surface area (Å²) >= 11 is 0. The molecule has 0 aromatic heterocycles. The van der Waals surface area contributed by atoms with E-state index in [0.29, 0.717) is 0 Å². The molecule has 5 heteroatoms. The average Bonchev–Trinajstić information content (AvgIpc) is 2.29. The van der Waals surface area contributed by atoms with Gasteiger partial charge in [-0.15, -0.1) is 0 Å². The van der Waals surface area contributed by atoms with Crippen LogP contribution in [0.4, 0.5) is 0 Å². The zero-order valence-corrected chi connectivity index (χ0v) is 12.5. The molecule has 1 N–H and O–H groups in total. The third-order valence-corrected chi connectivity index (χ3v) is 4.87. The average molecular weight is 264 g/mol. The van der Waals surface area contributed by atoms with E-state index in [-0.39, 0.29) is 17.5 Å². The zero-order chi connectivity index (χ0) is 13.3. The van der Waals surface area contributed by atoms with E-state index in [0.717, 1.165) is 32.6 Å². The molecule has 0 radical (unpaired) electrons. The van der Waals surface area contributed by atoms with Gasteiger partial charge in [0.05, 0.1) is 5.75 Å². The molecule has 0 aliphatic rings. The molecule has 0 aromatic carbocycles. The monoisotopic (exact) mass is 264 g/mol. The predicted octanol–water partition coefficient (Wildman–Crippen LogP) is 1.13. The second-order valence-corrected chi connectivity index (χ2v) is 6.83. The van der Waals surface area contributed by atoms with Crippen LogP contribution in [0.1, 0.15) is 34.1 Å². The fraction of sp³-hybridized carbons (Fsp3) is 1.00. The fourth-order valence-electron chi connectivity index (χ4n) is 1.75. The van der Waals surface area contributed by atoms with E-state index in [4.69, 9.17) is 0 Å². The molecule has 0 saturated carbocycles. The van der Waals surface area contributed by atoms with Gasteiger partial charge in [0.15, 0.2) is 9.84 Å². The Kier molecular flexibility index (Phi) is 8.82. The van der Waals surface area contributed by atoms with E-state index >= 15 is 0 Å². The molecule has 0 fully saturated rings. The summed E-state index contributed by atoms with van der Waals surface area (Å²) in [6.45, 7) is 12.1. The molecule has 0 amide bonds. The van der Waals surface area contributed by atoms with Crippen molar-refractivity contribution in [2.45, 2.75) is 40.2 Å². The lowest BCUT2D eigenvalue weighted by Crippen LogP contribution is -2.35. The Morgan fingerprint density at radius 2 is 1.76 bits per heavy atom. The van der Waals surface area contributed by atoms with Crippen LogP contribution in [0, 0.1) is 0 Å². The summed E-state index contributed by atoms with van der Waals surface area (Å²) in [6, 6.07) is 0.0525. The highest BCUT2D eigenvalue weighted by Gasteiger charge is 2.12. The fourth-order valence-corrected chi connectivity index (χ4v) is 2.86. The molecule has 0 aromatic rings. The summed E-state index contributed by atoms with van der Waals surface area (Å²) in [5.74, 6) is 0.479. The van der Waals surface area contributed by atoms with Gasteiger partial charge in [0.2, 0.25) is 0 Å². The summed E-state index contributed by atoms with van der Waals surface area (Å²) in [7, 11) is -2.85. The largest absolute Gasteiger partial charge is 0.313 e. The number of nitrogens with one attached hydrogen (secondary N) is 1. The van der Waals surface area contributed by atoms with Gasteiger partial charge in [-0.1, -0.05) is 20.8 Å². The summed E-state index contributed by atoms with van der Waals surface area (Å²) < 4.78 is 22.8. The molecular formula is C12H28N2O2S. The maximum absolute atomic E-state index is 11.4. The van der Waals surface area contributed by atoms with Crippen molar-refractivity contribution in [3.63, 3.8) is 0 Å². The van der Waals surface area contributed by atoms with Gasteiger partial charge < -0.3 is 10.2 Å². The maximum Gasteiger partial charge on any atom is 0.151 e. The molecule has 0 saturated heterocycles. The number of hydrogen-bond acceptors (Lipinski definition) is 4. The Balaban J connectivity index is 3.68. The first-order valence-electron chi connectivity index (χ1n) is 6.61. The SMILES string of the molecule is CCN(CC)CCCNC(C)CS(=O)(=O)CC. The van der Waals surface area contributed by atoms with Gasteiger partial charge in [0, 0.05) is 11.8 Å². The molecule has 1 unspecified atom stereocenters. The van der Waals surface area contributed by atoms with Crippen LogP contribution in [0.2, 0.25) is 0 Å². The van der Waals surface area contributed by atoms with Gasteiger partial charge in [0.1, 0.15) is 0 Å². The molecule has 4 nitrogen and oxygen atoms in total. The quantitative estimate of drug-likeness (QED) is 0.601. The zero-order valence-electron chi connectivity index (χ0n) is 11.7. The van der Waals surface area contributed by atoms with Crippen LogP contribution in [0.25, 0.3) is 0 Å². The molecule has 0 spiro atoms. The van der Waals surface area contributed by atoms with Crippen molar-refractivity contribution >= 4 is 9.84 Å². The van der Waals surface area contributed by atoms with Gasteiger partial charge >= 0.3 is 0 Å². The highest BCUT2D eigenvalue weighted by Crippen LogP contribution is 1.95. The van der Waals surface area contributed by atoms with E-state index in [1.807, 2.05) is 6.92 Å². The minimum Gasteiger partial charge on any atom is -0.313 e. The van der Waals surface area contributed by atoms with Crippen molar-refractivity contribution < 1.29 is 8.42 Å². The molecule has 0 heterocycles. The standard InChI is InChI=1S/C12H28N2O2S/c1-5-14(6-2)10-8-9-13-12(4)11-17(15,16)7-3/h12-13H,5-11H2,1-4H3. The normalized spacial score (nSPS) is 14.2. The highest BCUT2D eigenvalue weighted by molar-refractivity contribution is 7.91. The summed E-state index contributed by atoms with van der Waals surface area (Å²) in [5, 5.41) is 3.27. The summed E-state index contributed by atoms with van der Waals surface area (Å²) in [4.78, 5) is 2.37. The molecule has 0 bridgehead atoms. The minimum atomic E-state index is -2.85. The Morgan fingerprint density at radius 3 is 2.24 bits per heavy atom. The van der Waals surface area contributed by atoms with Crippen LogP contribution in [-0.4, -0.2) is 57.0 Å². The van der Waals surface area contributed by atoms with Crippen molar-refractivity contribution in [1.29, 1.82) is 0 Å². The predicted molar refractivity (Wildman–Crippen MR) is 74.2 cm³/mol. The molecule has 1 atom stereocenters. The lowest BCUT2D eigenvalue weighted by atomic mass is 10.3. The Morgan fingerprint density at radius 1 is 1.18 bits per heavy atom. The van der Waals surface area contributed by atoms with Crippen molar-refractivity contribution in [1.82, 2.24) is 10.2 Å². The molecule has 0 aliphatic heterocycles. The van der Waals surface area contributed by atoms with E-state index in [2.05, 4.69) is 24.1 Å². The van der Waals surface area contributed by atoms with Crippen molar-refractivity contribution in [3.05, 3.63) is 0 Å². The summed E-state index contributed by atoms with van der Waals surface area (Å²) in [5.41, 5.74) is 0. The van der Waals surface area contributed by atoms with E-state index in [1.165, 1.54) is 0 Å². The minimum absolute atomic E-state index is 0.0525. The first-order valence-corrected chi connectivity index (χ1v) is 8.43. The molecule has 17 heavy (non-hydrogen) atoms. The number of sulfone groups is 1. The van der Waals surface area contributed by atoms with Crippen LogP contribution < -0.4 is 5.32 Å². The van der Waals surface area contributed by atoms with E-state index < -0.39 is 9.84 Å². The van der Waals surface area contributed by atoms with Crippen LogP contribution >= 0.6 is 0 Å². The lowest BCUT2D eigenvalue weighted by molar-refractivity contribution is 0.296. The smallest absolute Gasteiger partial charge is 0.151 e. The van der Waals surface area contributed by atoms with Crippen LogP contribution in [-0.2, 0) is 9.84 Å². The van der Waals surface area contributed by atoms with Gasteiger partial charge in [-0.25, -0.2) is 8.42 Å². The van der Waals surface area contributed by atoms with Crippen LogP contribution in [0.3, 0.4) is 0 Å². The number of nitrogens with zero attached hydrogens (tertiary/aromatic N) is 1. The second kappa shape index (κ2) is 8.89. The number of hydrogen-bond donors (Lipinski definition) is 1. The van der Waals surface area contributed by atoms with Gasteiger partial charge in [0.25, 0.3) is 0 Å². The molecule has 0 aliphatic carbocycles. The molecular weight excluding hydrogens is 236 g/mol. The van der Waals surface area contributed by atoms with Crippen LogP contribution in [0.5, 0.6) is 0 Å². The maximum atomic E-state index is 11.4. The van der Waals surface area contributed by atoms with Gasteiger partial charge in [-0.05, 0) is 39.5 Å². The van der Waals surface area contributed by atoms with Crippen molar-refractivity contribution in [2.24, 2.45) is 0 Å². The van der Waals surface area contributed by atoms with Crippen LogP contribution in [0.15, 0.2) is 0 Å². The van der Waals surface area contributed by atoms with E-state index in [9.17, 15) is 8.42 Å². The topological polar surface area (TPSA) is 49.4 Å². The third-order valence-electron chi connectivity index (χ3n) is 2.98. The van der Waals surface area contributed by atoms with E-state index in [1.54, 1.807) is 6.92 Å². The first kappa shape index (κ1) is 16.9. The first-order chi connectivity index (χ1) is 7.95. The van der Waals surface area contributed by atoms with Gasteiger partial charge in [-0.3, -0.25) is 0 Å². The molecule has 0 rings (SSSR count). The number of rotatable bonds is 10. The Bertz CT molecular complexity index is 274. The van der Waals surface area contributed by atoms with Crippen molar-refractivity contribution in [2.75, 3.05) is 37.7 Å². The van der Waals surface area contributed by atoms with Gasteiger partial charge in [-0.2, -0.15) is 0 Å². The third kappa shape index (κ3) is 8.57. The highest BCUT2D eigenvalue weighted by atomic mass is 32.2. The Labute approximate surface area is 107 Å². The lowest BCUT2D eigenvalue weighted by Gasteiger charge is -2.19. The van der Waals surface area contributed by atoms with Crippen molar-refractivity contribution in [3.8, 4) is 0 Å². The molecule has 104 valence electrons. The Hall–Kier alpha value is -0.130.